The molecule has 2 rings (SSSR count). The molecule has 0 spiro atoms. The SMILES string of the molecule is C[C@@H](OC(=O)/C=C/c1ccsc1)C(=O)Nc1cccc(C(F)(F)F)c1. The molecule has 0 saturated heterocycles. The van der Waals surface area contributed by atoms with Crippen molar-refractivity contribution in [3.8, 4) is 0 Å². The number of halogens is 3. The summed E-state index contributed by atoms with van der Waals surface area (Å²) in [5.74, 6) is -1.45. The second-order valence-corrected chi connectivity index (χ2v) is 5.82. The lowest BCUT2D eigenvalue weighted by Crippen LogP contribution is -2.29. The predicted octanol–water partition coefficient (Wildman–Crippen LogP) is 4.35. The maximum absolute atomic E-state index is 12.6. The predicted molar refractivity (Wildman–Crippen MR) is 89.0 cm³/mol. The van der Waals surface area contributed by atoms with Crippen molar-refractivity contribution in [1.82, 2.24) is 0 Å². The highest BCUT2D eigenvalue weighted by Gasteiger charge is 2.30. The Morgan fingerprint density at radius 1 is 1.28 bits per heavy atom. The molecule has 1 atom stereocenters. The summed E-state index contributed by atoms with van der Waals surface area (Å²) >= 11 is 1.47. The lowest BCUT2D eigenvalue weighted by atomic mass is 10.2. The first-order chi connectivity index (χ1) is 11.8. The third kappa shape index (κ3) is 5.75. The molecule has 0 unspecified atom stereocenters. The Bertz CT molecular complexity index is 770. The van der Waals surface area contributed by atoms with Gasteiger partial charge in [-0.2, -0.15) is 24.5 Å². The Morgan fingerprint density at radius 3 is 2.68 bits per heavy atom. The summed E-state index contributed by atoms with van der Waals surface area (Å²) in [4.78, 5) is 23.6. The highest BCUT2D eigenvalue weighted by molar-refractivity contribution is 7.08. The third-order valence-corrected chi connectivity index (χ3v) is 3.78. The van der Waals surface area contributed by atoms with Crippen molar-refractivity contribution >= 4 is 35.0 Å². The number of hydrogen-bond acceptors (Lipinski definition) is 4. The molecular weight excluding hydrogens is 355 g/mol. The minimum absolute atomic E-state index is 0.0310. The topological polar surface area (TPSA) is 55.4 Å². The lowest BCUT2D eigenvalue weighted by Gasteiger charge is -2.13. The van der Waals surface area contributed by atoms with Crippen molar-refractivity contribution < 1.29 is 27.5 Å². The minimum Gasteiger partial charge on any atom is -0.449 e. The molecule has 0 aliphatic carbocycles. The van der Waals surface area contributed by atoms with Crippen LogP contribution in [0.1, 0.15) is 18.1 Å². The van der Waals surface area contributed by atoms with Gasteiger partial charge in [0, 0.05) is 11.8 Å². The van der Waals surface area contributed by atoms with Crippen LogP contribution in [0.5, 0.6) is 0 Å². The van der Waals surface area contributed by atoms with Crippen LogP contribution in [0.4, 0.5) is 18.9 Å². The van der Waals surface area contributed by atoms with E-state index < -0.39 is 29.7 Å². The summed E-state index contributed by atoms with van der Waals surface area (Å²) in [6.45, 7) is 1.33. The molecule has 1 N–H and O–H groups in total. The number of esters is 1. The molecule has 0 saturated carbocycles. The van der Waals surface area contributed by atoms with Crippen LogP contribution < -0.4 is 5.32 Å². The van der Waals surface area contributed by atoms with Gasteiger partial charge in [-0.15, -0.1) is 0 Å². The van der Waals surface area contributed by atoms with Crippen molar-refractivity contribution in [2.45, 2.75) is 19.2 Å². The van der Waals surface area contributed by atoms with Gasteiger partial charge in [-0.1, -0.05) is 6.07 Å². The molecule has 0 aliphatic rings. The second kappa shape index (κ2) is 7.98. The number of alkyl halides is 3. The number of amides is 1. The largest absolute Gasteiger partial charge is 0.449 e. The van der Waals surface area contributed by atoms with E-state index in [0.29, 0.717) is 0 Å². The summed E-state index contributed by atoms with van der Waals surface area (Å²) in [6, 6.07) is 6.01. The van der Waals surface area contributed by atoms with Crippen LogP contribution in [0.15, 0.2) is 47.2 Å². The summed E-state index contributed by atoms with van der Waals surface area (Å²) in [6.07, 6.45) is -2.95. The van der Waals surface area contributed by atoms with Gasteiger partial charge in [0.15, 0.2) is 6.10 Å². The number of carbonyl (C=O) groups is 2. The van der Waals surface area contributed by atoms with Crippen LogP contribution in [0.25, 0.3) is 6.08 Å². The Morgan fingerprint density at radius 2 is 2.04 bits per heavy atom. The Kier molecular flexibility index (Phi) is 5.97. The minimum atomic E-state index is -4.51. The number of hydrogen-bond donors (Lipinski definition) is 1. The van der Waals surface area contributed by atoms with E-state index in [9.17, 15) is 22.8 Å². The molecule has 2 aromatic rings. The van der Waals surface area contributed by atoms with Crippen molar-refractivity contribution in [3.63, 3.8) is 0 Å². The zero-order valence-corrected chi connectivity index (χ0v) is 13.9. The summed E-state index contributed by atoms with van der Waals surface area (Å²) in [5.41, 5.74) is -0.0896. The van der Waals surface area contributed by atoms with E-state index in [4.69, 9.17) is 4.74 Å². The van der Waals surface area contributed by atoms with Crippen molar-refractivity contribution in [1.29, 1.82) is 0 Å². The standard InChI is InChI=1S/C17H14F3NO3S/c1-11(24-15(22)6-5-12-7-8-25-10-12)16(23)21-14-4-2-3-13(9-14)17(18,19)20/h2-11H,1H3,(H,21,23)/b6-5+/t11-/m1/s1. The highest BCUT2D eigenvalue weighted by atomic mass is 32.1. The molecule has 0 radical (unpaired) electrons. The number of nitrogens with one attached hydrogen (secondary N) is 1. The molecule has 0 aliphatic heterocycles. The monoisotopic (exact) mass is 369 g/mol. The van der Waals surface area contributed by atoms with E-state index in [0.717, 1.165) is 17.7 Å². The molecule has 1 aromatic carbocycles. The summed E-state index contributed by atoms with van der Waals surface area (Å²) in [5, 5.41) is 5.96. The van der Waals surface area contributed by atoms with Gasteiger partial charge in [0.05, 0.1) is 5.56 Å². The van der Waals surface area contributed by atoms with Gasteiger partial charge in [-0.05, 0) is 53.6 Å². The molecule has 25 heavy (non-hydrogen) atoms. The van der Waals surface area contributed by atoms with E-state index in [1.165, 1.54) is 42.5 Å². The molecule has 132 valence electrons. The Balaban J connectivity index is 1.93. The first-order valence-corrected chi connectivity index (χ1v) is 8.09. The van der Waals surface area contributed by atoms with Gasteiger partial charge in [-0.25, -0.2) is 4.79 Å². The highest BCUT2D eigenvalue weighted by Crippen LogP contribution is 2.30. The average molecular weight is 369 g/mol. The zero-order chi connectivity index (χ0) is 18.4. The first kappa shape index (κ1) is 18.7. The Labute approximate surface area is 145 Å². The molecule has 0 bridgehead atoms. The number of rotatable bonds is 5. The van der Waals surface area contributed by atoms with Gasteiger partial charge >= 0.3 is 12.1 Å². The number of ether oxygens (including phenoxy) is 1. The number of thiophene rings is 1. The van der Waals surface area contributed by atoms with Gasteiger partial charge in [0.1, 0.15) is 0 Å². The van der Waals surface area contributed by atoms with Crippen LogP contribution in [-0.2, 0) is 20.5 Å². The third-order valence-electron chi connectivity index (χ3n) is 3.07. The number of anilines is 1. The van der Waals surface area contributed by atoms with Crippen LogP contribution in [0.3, 0.4) is 0 Å². The molecule has 0 fully saturated rings. The first-order valence-electron chi connectivity index (χ1n) is 7.15. The fourth-order valence-corrected chi connectivity index (χ4v) is 2.45. The van der Waals surface area contributed by atoms with E-state index in [-0.39, 0.29) is 5.69 Å². The molecular formula is C17H14F3NO3S. The van der Waals surface area contributed by atoms with Crippen LogP contribution in [0.2, 0.25) is 0 Å². The van der Waals surface area contributed by atoms with E-state index in [1.54, 1.807) is 6.07 Å². The maximum Gasteiger partial charge on any atom is 0.416 e. The molecule has 1 amide bonds. The molecule has 4 nitrogen and oxygen atoms in total. The van der Waals surface area contributed by atoms with Gasteiger partial charge in [-0.3, -0.25) is 4.79 Å². The lowest BCUT2D eigenvalue weighted by molar-refractivity contribution is -0.148. The Hall–Kier alpha value is -2.61. The molecule has 8 heteroatoms. The van der Waals surface area contributed by atoms with E-state index >= 15 is 0 Å². The zero-order valence-electron chi connectivity index (χ0n) is 13.0. The number of carbonyl (C=O) groups excluding carboxylic acids is 2. The van der Waals surface area contributed by atoms with Crippen LogP contribution in [0, 0.1) is 0 Å². The van der Waals surface area contributed by atoms with Crippen molar-refractivity contribution in [3.05, 3.63) is 58.3 Å². The van der Waals surface area contributed by atoms with E-state index in [1.807, 2.05) is 10.8 Å². The average Bonchev–Trinajstić information content (AvgIpc) is 3.05. The van der Waals surface area contributed by atoms with Crippen LogP contribution in [-0.4, -0.2) is 18.0 Å². The quantitative estimate of drug-likeness (QED) is 0.630. The summed E-state index contributed by atoms with van der Waals surface area (Å²) < 4.78 is 42.9. The number of benzene rings is 1. The fraction of sp³-hybridized carbons (Fsp3) is 0.176. The van der Waals surface area contributed by atoms with Crippen molar-refractivity contribution in [2.75, 3.05) is 5.32 Å². The van der Waals surface area contributed by atoms with Gasteiger partial charge < -0.3 is 10.1 Å². The van der Waals surface area contributed by atoms with Crippen LogP contribution >= 0.6 is 11.3 Å². The smallest absolute Gasteiger partial charge is 0.416 e. The maximum atomic E-state index is 12.6. The van der Waals surface area contributed by atoms with Gasteiger partial charge in [0.25, 0.3) is 5.91 Å². The van der Waals surface area contributed by atoms with E-state index in [2.05, 4.69) is 5.32 Å². The summed E-state index contributed by atoms with van der Waals surface area (Å²) in [7, 11) is 0. The van der Waals surface area contributed by atoms with Gasteiger partial charge in [0.2, 0.25) is 0 Å². The molecule has 1 aromatic heterocycles. The normalized spacial score (nSPS) is 12.8. The molecule has 1 heterocycles. The fourth-order valence-electron chi connectivity index (χ4n) is 1.82. The van der Waals surface area contributed by atoms with Crippen molar-refractivity contribution in [2.24, 2.45) is 0 Å². The second-order valence-electron chi connectivity index (χ2n) is 5.04.